The number of carbonyl (C=O) groups is 3. The first kappa shape index (κ1) is 24.0. The molecule has 0 saturated carbocycles. The van der Waals surface area contributed by atoms with Gasteiger partial charge in [0.2, 0.25) is 5.91 Å². The summed E-state index contributed by atoms with van der Waals surface area (Å²) in [6.07, 6.45) is -0.910. The fourth-order valence-electron chi connectivity index (χ4n) is 4.41. The minimum atomic E-state index is -1.01. The van der Waals surface area contributed by atoms with Gasteiger partial charge in [-0.1, -0.05) is 66.2 Å². The number of anilines is 1. The molecule has 0 saturated heterocycles. The number of nitrogens with one attached hydrogen (secondary N) is 1. The van der Waals surface area contributed by atoms with Gasteiger partial charge in [0.1, 0.15) is 12.6 Å². The van der Waals surface area contributed by atoms with Crippen LogP contribution >= 0.6 is 0 Å². The molecule has 3 aromatic rings. The first-order valence-corrected chi connectivity index (χ1v) is 11.6. The molecule has 0 fully saturated rings. The fraction of sp³-hybridized carbons (Fsp3) is 0.250. The quantitative estimate of drug-likeness (QED) is 0.494. The minimum Gasteiger partial charge on any atom is -0.481 e. The second kappa shape index (κ2) is 10.4. The Morgan fingerprint density at radius 2 is 1.51 bits per heavy atom. The molecule has 0 radical (unpaired) electrons. The van der Waals surface area contributed by atoms with Gasteiger partial charge in [-0.25, -0.2) is 4.79 Å². The first-order valence-electron chi connectivity index (χ1n) is 11.6. The summed E-state index contributed by atoms with van der Waals surface area (Å²) in [6, 6.07) is 22.4. The molecule has 0 aliphatic heterocycles. The molecule has 1 atom stereocenters. The molecule has 0 heterocycles. The van der Waals surface area contributed by atoms with Crippen molar-refractivity contribution in [3.63, 3.8) is 0 Å². The molecule has 0 bridgehead atoms. The molecule has 7 nitrogen and oxygen atoms in total. The van der Waals surface area contributed by atoms with Crippen molar-refractivity contribution in [1.82, 2.24) is 5.32 Å². The van der Waals surface area contributed by atoms with Crippen molar-refractivity contribution < 1.29 is 24.2 Å². The number of carbonyl (C=O) groups excluding carboxylic acids is 2. The van der Waals surface area contributed by atoms with Crippen molar-refractivity contribution in [1.29, 1.82) is 0 Å². The van der Waals surface area contributed by atoms with Gasteiger partial charge in [0.15, 0.2) is 0 Å². The van der Waals surface area contributed by atoms with Crippen LogP contribution in [0.2, 0.25) is 0 Å². The smallest absolute Gasteiger partial charge is 0.407 e. The molecule has 2 N–H and O–H groups in total. The van der Waals surface area contributed by atoms with Gasteiger partial charge in [-0.05, 0) is 48.2 Å². The van der Waals surface area contributed by atoms with E-state index in [2.05, 4.69) is 17.4 Å². The monoisotopic (exact) mass is 472 g/mol. The van der Waals surface area contributed by atoms with Crippen LogP contribution in [0.1, 0.15) is 36.0 Å². The second-order valence-electron chi connectivity index (χ2n) is 8.66. The molecule has 7 heteroatoms. The number of aliphatic carboxylic acids is 1. The van der Waals surface area contributed by atoms with Crippen LogP contribution in [0.15, 0.2) is 72.8 Å². The Morgan fingerprint density at radius 3 is 2.09 bits per heavy atom. The van der Waals surface area contributed by atoms with Crippen molar-refractivity contribution in [3.05, 3.63) is 89.5 Å². The van der Waals surface area contributed by atoms with Crippen molar-refractivity contribution in [3.8, 4) is 11.1 Å². The Morgan fingerprint density at radius 1 is 0.943 bits per heavy atom. The molecule has 180 valence electrons. The van der Waals surface area contributed by atoms with Gasteiger partial charge in [0, 0.05) is 18.2 Å². The maximum Gasteiger partial charge on any atom is 0.407 e. The number of ether oxygens (including phenoxy) is 1. The molecule has 4 rings (SSSR count). The molecule has 0 spiro atoms. The Hall–Kier alpha value is -4.13. The molecule has 1 aliphatic rings. The third kappa shape index (κ3) is 5.35. The summed E-state index contributed by atoms with van der Waals surface area (Å²) in [4.78, 5) is 38.2. The number of hydrogen-bond acceptors (Lipinski definition) is 4. The zero-order valence-electron chi connectivity index (χ0n) is 19.7. The van der Waals surface area contributed by atoms with Gasteiger partial charge in [0.05, 0.1) is 6.42 Å². The van der Waals surface area contributed by atoms with E-state index in [-0.39, 0.29) is 25.5 Å². The normalized spacial score (nSPS) is 12.9. The van der Waals surface area contributed by atoms with Crippen LogP contribution in [0.4, 0.5) is 10.5 Å². The van der Waals surface area contributed by atoms with Gasteiger partial charge in [-0.2, -0.15) is 0 Å². The van der Waals surface area contributed by atoms with E-state index in [1.165, 1.54) is 4.90 Å². The average Bonchev–Trinajstić information content (AvgIpc) is 3.17. The highest BCUT2D eigenvalue weighted by atomic mass is 16.5. The summed E-state index contributed by atoms with van der Waals surface area (Å²) in [6.45, 7) is 3.62. The summed E-state index contributed by atoms with van der Waals surface area (Å²) in [5.41, 5.74) is 6.06. The Labute approximate surface area is 204 Å². The van der Waals surface area contributed by atoms with Gasteiger partial charge >= 0.3 is 12.1 Å². The number of fused-ring (bicyclic) bond motifs is 3. The number of benzene rings is 3. The highest BCUT2D eigenvalue weighted by Crippen LogP contribution is 2.44. The largest absolute Gasteiger partial charge is 0.481 e. The third-order valence-electron chi connectivity index (χ3n) is 6.21. The van der Waals surface area contributed by atoms with Crippen LogP contribution in [0.3, 0.4) is 0 Å². The standard InChI is InChI=1S/C28H28N2O5/c1-18-11-13-20(14-12-18)30(16-15-26(31)32)27(33)19(2)29-28(34)35-17-25-23-9-5-3-7-21(23)22-8-4-6-10-24(22)25/h3-14,19,25H,15-17H2,1-2H3,(H,29,34)(H,31,32)/t19-/m0/s1. The van der Waals surface area contributed by atoms with E-state index in [4.69, 9.17) is 9.84 Å². The number of hydrogen-bond donors (Lipinski definition) is 2. The van der Waals surface area contributed by atoms with Crippen LogP contribution < -0.4 is 10.2 Å². The van der Waals surface area contributed by atoms with Crippen molar-refractivity contribution in [2.24, 2.45) is 0 Å². The SMILES string of the molecule is Cc1ccc(N(CCC(=O)O)C(=O)[C@H](C)NC(=O)OCC2c3ccccc3-c3ccccc32)cc1. The molecule has 0 aromatic heterocycles. The number of carboxylic acid groups (broad SMARTS) is 1. The molecular formula is C28H28N2O5. The maximum absolute atomic E-state index is 13.1. The zero-order chi connectivity index (χ0) is 24.9. The molecule has 1 aliphatic carbocycles. The number of carboxylic acids is 1. The fourth-order valence-corrected chi connectivity index (χ4v) is 4.41. The van der Waals surface area contributed by atoms with Gasteiger partial charge in [0.25, 0.3) is 0 Å². The van der Waals surface area contributed by atoms with Crippen LogP contribution in [-0.4, -0.2) is 42.3 Å². The van der Waals surface area contributed by atoms with E-state index in [0.717, 1.165) is 27.8 Å². The molecular weight excluding hydrogens is 444 g/mol. The van der Waals surface area contributed by atoms with Crippen LogP contribution in [-0.2, 0) is 14.3 Å². The summed E-state index contributed by atoms with van der Waals surface area (Å²) >= 11 is 0. The van der Waals surface area contributed by atoms with Crippen LogP contribution in [0.5, 0.6) is 0 Å². The molecule has 0 unspecified atom stereocenters. The number of aryl methyl sites for hydroxylation is 1. The van der Waals surface area contributed by atoms with E-state index in [1.54, 1.807) is 19.1 Å². The summed E-state index contributed by atoms with van der Waals surface area (Å²) < 4.78 is 5.54. The number of nitrogens with zero attached hydrogens (tertiary/aromatic N) is 1. The lowest BCUT2D eigenvalue weighted by molar-refractivity contribution is -0.136. The van der Waals surface area contributed by atoms with Crippen molar-refractivity contribution >= 4 is 23.7 Å². The van der Waals surface area contributed by atoms with E-state index in [1.807, 2.05) is 55.5 Å². The van der Waals surface area contributed by atoms with Crippen molar-refractivity contribution in [2.45, 2.75) is 32.2 Å². The minimum absolute atomic E-state index is 0.00601. The van der Waals surface area contributed by atoms with Gasteiger partial charge in [-0.15, -0.1) is 0 Å². The summed E-state index contributed by atoms with van der Waals surface area (Å²) in [5.74, 6) is -1.51. The van der Waals surface area contributed by atoms with E-state index >= 15 is 0 Å². The lowest BCUT2D eigenvalue weighted by Gasteiger charge is -2.26. The highest BCUT2D eigenvalue weighted by molar-refractivity contribution is 5.98. The Bertz CT molecular complexity index is 1190. The Kier molecular flexibility index (Phi) is 7.15. The van der Waals surface area contributed by atoms with E-state index in [0.29, 0.717) is 5.69 Å². The zero-order valence-corrected chi connectivity index (χ0v) is 19.7. The molecule has 2 amide bonds. The summed E-state index contributed by atoms with van der Waals surface area (Å²) in [7, 11) is 0. The number of amides is 2. The molecule has 35 heavy (non-hydrogen) atoms. The predicted molar refractivity (Wildman–Crippen MR) is 133 cm³/mol. The lowest BCUT2D eigenvalue weighted by Crippen LogP contribution is -2.48. The summed E-state index contributed by atoms with van der Waals surface area (Å²) in [5, 5.41) is 11.7. The van der Waals surface area contributed by atoms with E-state index in [9.17, 15) is 14.4 Å². The van der Waals surface area contributed by atoms with Gasteiger partial charge < -0.3 is 20.1 Å². The van der Waals surface area contributed by atoms with Crippen molar-refractivity contribution in [2.75, 3.05) is 18.1 Å². The highest BCUT2D eigenvalue weighted by Gasteiger charge is 2.30. The Balaban J connectivity index is 1.41. The number of rotatable bonds is 8. The maximum atomic E-state index is 13.1. The lowest BCUT2D eigenvalue weighted by atomic mass is 9.98. The topological polar surface area (TPSA) is 95.9 Å². The number of alkyl carbamates (subject to hydrolysis) is 1. The van der Waals surface area contributed by atoms with Crippen LogP contribution in [0, 0.1) is 6.92 Å². The van der Waals surface area contributed by atoms with E-state index < -0.39 is 24.0 Å². The van der Waals surface area contributed by atoms with Crippen LogP contribution in [0.25, 0.3) is 11.1 Å². The first-order chi connectivity index (χ1) is 16.8. The predicted octanol–water partition coefficient (Wildman–Crippen LogP) is 4.73. The average molecular weight is 473 g/mol. The molecule has 3 aromatic carbocycles. The second-order valence-corrected chi connectivity index (χ2v) is 8.66. The van der Waals surface area contributed by atoms with Gasteiger partial charge in [-0.3, -0.25) is 9.59 Å². The third-order valence-corrected chi connectivity index (χ3v) is 6.21.